The zero-order chi connectivity index (χ0) is 30.3. The van der Waals surface area contributed by atoms with Gasteiger partial charge in [0.25, 0.3) is 0 Å². The number of amides is 3. The van der Waals surface area contributed by atoms with Crippen LogP contribution in [0.1, 0.15) is 34.5 Å². The highest BCUT2D eigenvalue weighted by atomic mass is 19.4. The molecule has 14 heteroatoms. The van der Waals surface area contributed by atoms with Gasteiger partial charge >= 0.3 is 24.1 Å². The molecule has 1 saturated heterocycles. The number of nitrogens with two attached hydrogens (primary N) is 1. The Morgan fingerprint density at radius 1 is 1.07 bits per heavy atom. The lowest BCUT2D eigenvalue weighted by Crippen LogP contribution is -2.68. The summed E-state index contributed by atoms with van der Waals surface area (Å²) in [4.78, 5) is 51.1. The number of halogens is 3. The van der Waals surface area contributed by atoms with E-state index < -0.39 is 36.3 Å². The molecule has 0 aliphatic carbocycles. The van der Waals surface area contributed by atoms with Crippen molar-refractivity contribution in [2.24, 2.45) is 5.92 Å². The lowest BCUT2D eigenvalue weighted by atomic mass is 9.89. The second kappa shape index (κ2) is 12.8. The molecule has 0 radical (unpaired) electrons. The third kappa shape index (κ3) is 7.94. The van der Waals surface area contributed by atoms with Crippen molar-refractivity contribution < 1.29 is 47.3 Å². The Hall–Kier alpha value is -5.14. The van der Waals surface area contributed by atoms with Crippen LogP contribution in [-0.4, -0.2) is 56.4 Å². The summed E-state index contributed by atoms with van der Waals surface area (Å²) in [7, 11) is 0. The molecule has 2 heterocycles. The van der Waals surface area contributed by atoms with Gasteiger partial charge in [-0.25, -0.2) is 24.3 Å². The Balaban J connectivity index is 0.000000587. The summed E-state index contributed by atoms with van der Waals surface area (Å²) in [6.45, 7) is 1.83. The molecule has 0 bridgehead atoms. The van der Waals surface area contributed by atoms with Gasteiger partial charge < -0.3 is 26.0 Å². The van der Waals surface area contributed by atoms with E-state index in [1.807, 2.05) is 37.3 Å². The number of hydrogen-bond donors (Lipinski definition) is 4. The van der Waals surface area contributed by atoms with Crippen molar-refractivity contribution in [3.63, 3.8) is 0 Å². The first-order valence-electron chi connectivity index (χ1n) is 12.0. The van der Waals surface area contributed by atoms with Crippen molar-refractivity contribution in [3.05, 3.63) is 89.6 Å². The third-order valence-electron chi connectivity index (χ3n) is 5.91. The first-order chi connectivity index (χ1) is 19.3. The van der Waals surface area contributed by atoms with E-state index in [4.69, 9.17) is 25.5 Å². The molecule has 216 valence electrons. The smallest absolute Gasteiger partial charge is 0.478 e. The highest BCUT2D eigenvalue weighted by molar-refractivity contribution is 6.01. The van der Waals surface area contributed by atoms with E-state index in [1.54, 1.807) is 18.3 Å². The van der Waals surface area contributed by atoms with E-state index in [0.717, 1.165) is 16.0 Å². The van der Waals surface area contributed by atoms with Crippen molar-refractivity contribution in [3.8, 4) is 5.75 Å². The van der Waals surface area contributed by atoms with Gasteiger partial charge in [-0.15, -0.1) is 0 Å². The van der Waals surface area contributed by atoms with E-state index >= 15 is 0 Å². The average molecular weight is 575 g/mol. The molecular formula is C27H25F3N4O7. The van der Waals surface area contributed by atoms with E-state index in [1.165, 1.54) is 24.3 Å². The fourth-order valence-corrected chi connectivity index (χ4v) is 3.83. The lowest BCUT2D eigenvalue weighted by Gasteiger charge is -2.45. The first kappa shape index (κ1) is 30.4. The molecule has 1 aliphatic rings. The van der Waals surface area contributed by atoms with Crippen molar-refractivity contribution in [1.82, 2.24) is 15.2 Å². The number of carboxylic acids is 2. The van der Waals surface area contributed by atoms with Crippen LogP contribution in [0.5, 0.6) is 5.75 Å². The molecule has 1 aliphatic heterocycles. The predicted molar refractivity (Wildman–Crippen MR) is 138 cm³/mol. The second-order valence-electron chi connectivity index (χ2n) is 8.83. The standard InChI is InChI=1S/C25H24N4O5.C2HF3O2/c1-15(17-5-3-2-4-6-17)28-25(33)29-22(30)20(13-16-11-12-27-21(26)14-16)23(29)34-19-9-7-18(8-10-19)24(31)32;3-2(4,5)1(6)7/h2-12,14-15,20,23H,13H2,1H3,(H2,26,27)(H,28,33)(H,31,32);(H,6,7)/t15-,20+,23-;/m1./s1. The molecule has 3 atom stereocenters. The molecule has 3 amide bonds. The Kier molecular flexibility index (Phi) is 9.50. The van der Waals surface area contributed by atoms with Crippen LogP contribution in [0.15, 0.2) is 72.9 Å². The normalized spacial score (nSPS) is 16.9. The van der Waals surface area contributed by atoms with Crippen LogP contribution in [0.3, 0.4) is 0 Å². The van der Waals surface area contributed by atoms with Gasteiger partial charge in [-0.05, 0) is 60.9 Å². The number of carboxylic acid groups (broad SMARTS) is 2. The minimum Gasteiger partial charge on any atom is -0.478 e. The van der Waals surface area contributed by atoms with Gasteiger partial charge in [-0.2, -0.15) is 13.2 Å². The van der Waals surface area contributed by atoms with Crippen LogP contribution >= 0.6 is 0 Å². The molecule has 4 rings (SSSR count). The number of carbonyl (C=O) groups is 4. The van der Waals surface area contributed by atoms with E-state index in [-0.39, 0.29) is 17.5 Å². The Morgan fingerprint density at radius 3 is 2.22 bits per heavy atom. The summed E-state index contributed by atoms with van der Waals surface area (Å²) in [5.41, 5.74) is 7.55. The number of ether oxygens (including phenoxy) is 1. The number of nitrogens with one attached hydrogen (secondary N) is 1. The van der Waals surface area contributed by atoms with E-state index in [2.05, 4.69) is 10.3 Å². The summed E-state index contributed by atoms with van der Waals surface area (Å²) in [6, 6.07) is 17.7. The SMILES string of the molecule is C[C@@H](NC(=O)N1C(=O)[C@H](Cc2ccnc(N)c2)[C@H]1Oc1ccc(C(=O)O)cc1)c1ccccc1.O=C(O)C(F)(F)F. The molecule has 11 nitrogen and oxygen atoms in total. The number of pyridine rings is 1. The quantitative estimate of drug-likeness (QED) is 0.306. The molecular weight excluding hydrogens is 549 g/mol. The zero-order valence-corrected chi connectivity index (χ0v) is 21.4. The number of carbonyl (C=O) groups excluding carboxylic acids is 2. The highest BCUT2D eigenvalue weighted by Gasteiger charge is 2.52. The van der Waals surface area contributed by atoms with Crippen LogP contribution in [0, 0.1) is 5.92 Å². The number of hydrogen-bond acceptors (Lipinski definition) is 7. The second-order valence-corrected chi connectivity index (χ2v) is 8.83. The number of nitrogen functional groups attached to an aromatic ring is 1. The molecule has 1 aromatic heterocycles. The number of anilines is 1. The van der Waals surface area contributed by atoms with Crippen molar-refractivity contribution in [2.75, 3.05) is 5.73 Å². The number of imide groups is 1. The topological polar surface area (TPSA) is 172 Å². The Morgan fingerprint density at radius 2 is 1.68 bits per heavy atom. The number of benzene rings is 2. The number of rotatable bonds is 7. The minimum atomic E-state index is -5.08. The minimum absolute atomic E-state index is 0.104. The third-order valence-corrected chi connectivity index (χ3v) is 5.91. The summed E-state index contributed by atoms with van der Waals surface area (Å²) in [5, 5.41) is 19.1. The fraction of sp³-hybridized carbons (Fsp3) is 0.222. The maximum absolute atomic E-state index is 13.0. The predicted octanol–water partition coefficient (Wildman–Crippen LogP) is 3.87. The monoisotopic (exact) mass is 574 g/mol. The molecule has 0 saturated carbocycles. The lowest BCUT2D eigenvalue weighted by molar-refractivity contribution is -0.192. The Labute approximate surface area is 231 Å². The van der Waals surface area contributed by atoms with Gasteiger partial charge in [0.15, 0.2) is 6.23 Å². The molecule has 0 spiro atoms. The molecule has 41 heavy (non-hydrogen) atoms. The van der Waals surface area contributed by atoms with Crippen LogP contribution in [0.4, 0.5) is 23.8 Å². The maximum Gasteiger partial charge on any atom is 0.490 e. The summed E-state index contributed by atoms with van der Waals surface area (Å²) in [6.07, 6.45) is -4.09. The molecule has 2 aromatic carbocycles. The first-order valence-corrected chi connectivity index (χ1v) is 12.0. The Bertz CT molecular complexity index is 1400. The van der Waals surface area contributed by atoms with Gasteiger partial charge in [0.1, 0.15) is 11.6 Å². The van der Waals surface area contributed by atoms with Crippen molar-refractivity contribution in [2.45, 2.75) is 31.8 Å². The number of nitrogens with zero attached hydrogens (tertiary/aromatic N) is 2. The van der Waals surface area contributed by atoms with Gasteiger partial charge in [0.2, 0.25) is 5.91 Å². The zero-order valence-electron chi connectivity index (χ0n) is 21.4. The number of urea groups is 1. The van der Waals surface area contributed by atoms with Crippen molar-refractivity contribution in [1.29, 1.82) is 0 Å². The number of aliphatic carboxylic acids is 1. The molecule has 1 fully saturated rings. The van der Waals surface area contributed by atoms with Gasteiger partial charge in [-0.1, -0.05) is 30.3 Å². The van der Waals surface area contributed by atoms with Gasteiger partial charge in [-0.3, -0.25) is 4.79 Å². The highest BCUT2D eigenvalue weighted by Crippen LogP contribution is 2.33. The fourth-order valence-electron chi connectivity index (χ4n) is 3.83. The summed E-state index contributed by atoms with van der Waals surface area (Å²) >= 11 is 0. The number of alkyl halides is 3. The number of likely N-dealkylation sites (tertiary alicyclic amines) is 1. The molecule has 0 unspecified atom stereocenters. The molecule has 5 N–H and O–H groups in total. The van der Waals surface area contributed by atoms with Crippen molar-refractivity contribution >= 4 is 29.7 Å². The average Bonchev–Trinajstić information content (AvgIpc) is 2.92. The van der Waals surface area contributed by atoms with Crippen LogP contribution in [-0.2, 0) is 16.0 Å². The van der Waals surface area contributed by atoms with Crippen LogP contribution in [0.2, 0.25) is 0 Å². The van der Waals surface area contributed by atoms with E-state index in [0.29, 0.717) is 18.0 Å². The van der Waals surface area contributed by atoms with Gasteiger partial charge in [0, 0.05) is 6.20 Å². The summed E-state index contributed by atoms with van der Waals surface area (Å²) < 4.78 is 37.7. The number of aromatic carboxylic acids is 1. The van der Waals surface area contributed by atoms with Gasteiger partial charge in [0.05, 0.1) is 17.5 Å². The largest absolute Gasteiger partial charge is 0.490 e. The number of aromatic nitrogens is 1. The van der Waals surface area contributed by atoms with Crippen LogP contribution in [0.25, 0.3) is 0 Å². The van der Waals surface area contributed by atoms with Crippen LogP contribution < -0.4 is 15.8 Å². The molecule has 3 aromatic rings. The van der Waals surface area contributed by atoms with E-state index in [9.17, 15) is 27.6 Å². The number of β-lactam (4-membered cyclic amide) rings is 1. The maximum atomic E-state index is 13.0. The summed E-state index contributed by atoms with van der Waals surface area (Å²) in [5.74, 6) is -4.14.